The molecule has 0 spiro atoms. The Morgan fingerprint density at radius 3 is 2.60 bits per heavy atom. The molecule has 0 fully saturated rings. The lowest BCUT2D eigenvalue weighted by Crippen LogP contribution is -2.30. The smallest absolute Gasteiger partial charge is 0.277 e. The summed E-state index contributed by atoms with van der Waals surface area (Å²) in [5.41, 5.74) is 4.08. The van der Waals surface area contributed by atoms with E-state index < -0.39 is 0 Å². The van der Waals surface area contributed by atoms with Crippen molar-refractivity contribution in [3.63, 3.8) is 0 Å². The summed E-state index contributed by atoms with van der Waals surface area (Å²) in [5, 5.41) is 1.61. The van der Waals surface area contributed by atoms with E-state index in [1.54, 1.807) is 0 Å². The molecule has 2 rings (SSSR count). The van der Waals surface area contributed by atoms with Gasteiger partial charge in [0.2, 0.25) is 0 Å². The van der Waals surface area contributed by atoms with Crippen LogP contribution in [0.5, 0.6) is 0 Å². The molecular formula is C14H16ClN3OS. The van der Waals surface area contributed by atoms with E-state index in [9.17, 15) is 4.79 Å². The summed E-state index contributed by atoms with van der Waals surface area (Å²) in [6.45, 7) is 4.02. The fourth-order valence-electron chi connectivity index (χ4n) is 1.85. The molecule has 1 aromatic carbocycles. The molecule has 0 aliphatic heterocycles. The lowest BCUT2D eigenvalue weighted by molar-refractivity contribution is 0.0956. The Labute approximate surface area is 126 Å². The van der Waals surface area contributed by atoms with Gasteiger partial charge in [-0.2, -0.15) is 0 Å². The molecule has 20 heavy (non-hydrogen) atoms. The molecule has 106 valence electrons. The van der Waals surface area contributed by atoms with E-state index >= 15 is 0 Å². The van der Waals surface area contributed by atoms with Crippen LogP contribution in [0, 0.1) is 0 Å². The van der Waals surface area contributed by atoms with Crippen LogP contribution in [0.1, 0.15) is 45.7 Å². The molecule has 1 amide bonds. The quantitative estimate of drug-likeness (QED) is 0.518. The predicted octanol–water partition coefficient (Wildman–Crippen LogP) is 3.11. The van der Waals surface area contributed by atoms with Crippen LogP contribution in [0.3, 0.4) is 0 Å². The Kier molecular flexibility index (Phi) is 4.75. The minimum Gasteiger partial charge on any atom is -0.289 e. The predicted molar refractivity (Wildman–Crippen MR) is 82.1 cm³/mol. The zero-order valence-corrected chi connectivity index (χ0v) is 12.9. The van der Waals surface area contributed by atoms with Gasteiger partial charge in [0.25, 0.3) is 5.91 Å². The van der Waals surface area contributed by atoms with Crippen LogP contribution in [-0.4, -0.2) is 10.9 Å². The van der Waals surface area contributed by atoms with E-state index in [1.165, 1.54) is 11.3 Å². The number of halogens is 1. The molecule has 0 saturated carbocycles. The number of rotatable bonds is 4. The summed E-state index contributed by atoms with van der Waals surface area (Å²) >= 11 is 7.25. The highest BCUT2D eigenvalue weighted by molar-refractivity contribution is 7.13. The van der Waals surface area contributed by atoms with Gasteiger partial charge < -0.3 is 0 Å². The van der Waals surface area contributed by atoms with Crippen LogP contribution in [0.15, 0.2) is 24.3 Å². The summed E-state index contributed by atoms with van der Waals surface area (Å²) in [6, 6.07) is 7.62. The Hall–Kier alpha value is -1.43. The number of nitrogens with two attached hydrogens (primary N) is 1. The number of aromatic nitrogens is 1. The normalized spacial score (nSPS) is 10.8. The number of benzene rings is 1. The molecule has 0 aliphatic rings. The molecule has 0 unspecified atom stereocenters. The van der Waals surface area contributed by atoms with Crippen molar-refractivity contribution in [3.05, 3.63) is 50.4 Å². The number of nitrogens with zero attached hydrogens (tertiary/aromatic N) is 1. The molecule has 2 aromatic rings. The number of carbonyl (C=O) groups excluding carboxylic acids is 1. The van der Waals surface area contributed by atoms with E-state index in [0.717, 1.165) is 16.3 Å². The van der Waals surface area contributed by atoms with Crippen LogP contribution in [-0.2, 0) is 6.42 Å². The van der Waals surface area contributed by atoms with Crippen molar-refractivity contribution in [3.8, 4) is 0 Å². The molecule has 3 N–H and O–H groups in total. The maximum atomic E-state index is 11.8. The lowest BCUT2D eigenvalue weighted by Gasteiger charge is -2.02. The number of nitrogen functional groups attached to an aromatic ring is 1. The average molecular weight is 310 g/mol. The highest BCUT2D eigenvalue weighted by atomic mass is 35.5. The van der Waals surface area contributed by atoms with Crippen molar-refractivity contribution in [1.29, 1.82) is 0 Å². The summed E-state index contributed by atoms with van der Waals surface area (Å²) in [4.78, 5) is 16.9. The molecule has 0 bridgehead atoms. The number of nitrogens with one attached hydrogen (secondary N) is 1. The van der Waals surface area contributed by atoms with E-state index in [4.69, 9.17) is 17.4 Å². The molecular weight excluding hydrogens is 294 g/mol. The van der Waals surface area contributed by atoms with E-state index in [2.05, 4.69) is 10.4 Å². The number of thiazole rings is 1. The first kappa shape index (κ1) is 15.0. The topological polar surface area (TPSA) is 68.0 Å². The van der Waals surface area contributed by atoms with Crippen LogP contribution in [0.2, 0.25) is 5.02 Å². The first-order valence-electron chi connectivity index (χ1n) is 6.26. The number of amides is 1. The maximum Gasteiger partial charge on any atom is 0.277 e. The molecule has 0 saturated heterocycles. The second-order valence-corrected chi connectivity index (χ2v) is 6.27. The molecule has 0 aliphatic carbocycles. The second-order valence-electron chi connectivity index (χ2n) is 4.75. The SMILES string of the molecule is CC(C)c1nc(Cc2ccc(Cl)cc2)sc1C(=O)NN. The van der Waals surface area contributed by atoms with Gasteiger partial charge in [-0.15, -0.1) is 11.3 Å². The zero-order valence-electron chi connectivity index (χ0n) is 11.3. The second kappa shape index (κ2) is 6.35. The maximum absolute atomic E-state index is 11.8. The van der Waals surface area contributed by atoms with E-state index in [1.807, 2.05) is 38.1 Å². The summed E-state index contributed by atoms with van der Waals surface area (Å²) in [5.74, 6) is 5.11. The minimum absolute atomic E-state index is 0.178. The van der Waals surface area contributed by atoms with Crippen molar-refractivity contribution >= 4 is 28.8 Å². The summed E-state index contributed by atoms with van der Waals surface area (Å²) in [7, 11) is 0. The van der Waals surface area contributed by atoms with Gasteiger partial charge in [-0.1, -0.05) is 37.6 Å². The Balaban J connectivity index is 2.29. The number of carbonyl (C=O) groups is 1. The largest absolute Gasteiger partial charge is 0.289 e. The molecule has 6 heteroatoms. The van der Waals surface area contributed by atoms with Crippen LogP contribution >= 0.6 is 22.9 Å². The zero-order chi connectivity index (χ0) is 14.7. The van der Waals surface area contributed by atoms with Crippen molar-refractivity contribution in [2.75, 3.05) is 0 Å². The third-order valence-corrected chi connectivity index (χ3v) is 4.17. The minimum atomic E-state index is -0.284. The monoisotopic (exact) mass is 309 g/mol. The molecule has 0 radical (unpaired) electrons. The fourth-order valence-corrected chi connectivity index (χ4v) is 3.13. The van der Waals surface area contributed by atoms with Gasteiger partial charge in [0.1, 0.15) is 4.88 Å². The summed E-state index contributed by atoms with van der Waals surface area (Å²) < 4.78 is 0. The summed E-state index contributed by atoms with van der Waals surface area (Å²) in [6.07, 6.45) is 0.680. The highest BCUT2D eigenvalue weighted by Crippen LogP contribution is 2.26. The fraction of sp³-hybridized carbons (Fsp3) is 0.286. The lowest BCUT2D eigenvalue weighted by atomic mass is 10.1. The molecule has 4 nitrogen and oxygen atoms in total. The Bertz CT molecular complexity index is 607. The molecule has 0 atom stereocenters. The van der Waals surface area contributed by atoms with Crippen molar-refractivity contribution in [2.45, 2.75) is 26.2 Å². The molecule has 1 heterocycles. The van der Waals surface area contributed by atoms with Gasteiger partial charge in [0, 0.05) is 11.4 Å². The van der Waals surface area contributed by atoms with Gasteiger partial charge >= 0.3 is 0 Å². The van der Waals surface area contributed by atoms with Crippen LogP contribution in [0.25, 0.3) is 0 Å². The van der Waals surface area contributed by atoms with Gasteiger partial charge in [0.15, 0.2) is 0 Å². The van der Waals surface area contributed by atoms with Gasteiger partial charge in [-0.3, -0.25) is 10.2 Å². The Morgan fingerprint density at radius 1 is 1.40 bits per heavy atom. The Morgan fingerprint density at radius 2 is 2.05 bits per heavy atom. The third kappa shape index (κ3) is 3.36. The van der Waals surface area contributed by atoms with E-state index in [-0.39, 0.29) is 11.8 Å². The van der Waals surface area contributed by atoms with Gasteiger partial charge in [-0.05, 0) is 23.6 Å². The van der Waals surface area contributed by atoms with Gasteiger partial charge in [-0.25, -0.2) is 10.8 Å². The van der Waals surface area contributed by atoms with Crippen molar-refractivity contribution in [1.82, 2.24) is 10.4 Å². The highest BCUT2D eigenvalue weighted by Gasteiger charge is 2.19. The van der Waals surface area contributed by atoms with Crippen molar-refractivity contribution in [2.24, 2.45) is 5.84 Å². The first-order valence-corrected chi connectivity index (χ1v) is 7.45. The van der Waals surface area contributed by atoms with E-state index in [0.29, 0.717) is 16.3 Å². The average Bonchev–Trinajstić information content (AvgIpc) is 2.84. The van der Waals surface area contributed by atoms with Gasteiger partial charge in [0.05, 0.1) is 10.7 Å². The molecule has 1 aromatic heterocycles. The van der Waals surface area contributed by atoms with Crippen LogP contribution < -0.4 is 11.3 Å². The number of hydrazine groups is 1. The van der Waals surface area contributed by atoms with Crippen LogP contribution in [0.4, 0.5) is 0 Å². The third-order valence-electron chi connectivity index (χ3n) is 2.85. The standard InChI is InChI=1S/C14H16ClN3OS/c1-8(2)12-13(14(19)18-16)20-11(17-12)7-9-3-5-10(15)6-4-9/h3-6,8H,7,16H2,1-2H3,(H,18,19). The number of hydrogen-bond acceptors (Lipinski definition) is 4. The van der Waals surface area contributed by atoms with Crippen molar-refractivity contribution < 1.29 is 4.79 Å². The number of hydrogen-bond donors (Lipinski definition) is 2. The first-order chi connectivity index (χ1) is 9.51.